The van der Waals surface area contributed by atoms with Gasteiger partial charge in [-0.05, 0) is 31.5 Å². The third-order valence-corrected chi connectivity index (χ3v) is 2.16. The van der Waals surface area contributed by atoms with Crippen LogP contribution < -0.4 is 5.32 Å². The number of benzene rings is 1. The zero-order valence-corrected chi connectivity index (χ0v) is 8.80. The summed E-state index contributed by atoms with van der Waals surface area (Å²) < 4.78 is 25.5. The molecule has 2 atom stereocenters. The predicted octanol–water partition coefficient (Wildman–Crippen LogP) is 2.00. The van der Waals surface area contributed by atoms with Gasteiger partial charge in [-0.3, -0.25) is 0 Å². The van der Waals surface area contributed by atoms with E-state index in [1.54, 1.807) is 6.92 Å². The lowest BCUT2D eigenvalue weighted by atomic mass is 10.1. The summed E-state index contributed by atoms with van der Waals surface area (Å²) in [6.07, 6.45) is -0.460. The van der Waals surface area contributed by atoms with Crippen LogP contribution in [0, 0.1) is 11.6 Å². The minimum atomic E-state index is -0.849. The highest BCUT2D eigenvalue weighted by Gasteiger charge is 2.09. The molecule has 1 aromatic carbocycles. The van der Waals surface area contributed by atoms with Gasteiger partial charge in [0, 0.05) is 12.6 Å². The summed E-state index contributed by atoms with van der Waals surface area (Å²) in [7, 11) is 0. The Balaban J connectivity index is 2.65. The van der Waals surface area contributed by atoms with Gasteiger partial charge in [0.25, 0.3) is 0 Å². The first-order valence-corrected chi connectivity index (χ1v) is 4.87. The highest BCUT2D eigenvalue weighted by molar-refractivity contribution is 5.20. The molecule has 0 saturated carbocycles. The second-order valence-electron chi connectivity index (χ2n) is 3.65. The molecule has 84 valence electrons. The zero-order chi connectivity index (χ0) is 11.4. The number of rotatable bonds is 4. The third kappa shape index (κ3) is 3.57. The molecule has 0 aliphatic heterocycles. The molecule has 0 aliphatic rings. The van der Waals surface area contributed by atoms with Crippen LogP contribution in [0.25, 0.3) is 0 Å². The van der Waals surface area contributed by atoms with E-state index in [2.05, 4.69) is 5.32 Å². The molecule has 1 rings (SSSR count). The van der Waals surface area contributed by atoms with Crippen LogP contribution in [0.3, 0.4) is 0 Å². The maximum Gasteiger partial charge on any atom is 0.159 e. The van der Waals surface area contributed by atoms with Crippen LogP contribution in [0.5, 0.6) is 0 Å². The fraction of sp³-hybridized carbons (Fsp3) is 0.455. The van der Waals surface area contributed by atoms with E-state index in [1.807, 2.05) is 6.92 Å². The van der Waals surface area contributed by atoms with Gasteiger partial charge >= 0.3 is 0 Å². The number of hydrogen-bond donors (Lipinski definition) is 2. The highest BCUT2D eigenvalue weighted by atomic mass is 19.2. The van der Waals surface area contributed by atoms with Crippen LogP contribution in [-0.2, 0) is 0 Å². The molecule has 4 heteroatoms. The Morgan fingerprint density at radius 2 is 1.93 bits per heavy atom. The van der Waals surface area contributed by atoms with E-state index in [9.17, 15) is 8.78 Å². The van der Waals surface area contributed by atoms with Gasteiger partial charge in [-0.1, -0.05) is 6.07 Å². The van der Waals surface area contributed by atoms with Gasteiger partial charge in [-0.25, -0.2) is 8.78 Å². The number of hydrogen-bond acceptors (Lipinski definition) is 2. The summed E-state index contributed by atoms with van der Waals surface area (Å²) in [5.41, 5.74) is 0.662. The fourth-order valence-electron chi connectivity index (χ4n) is 1.25. The van der Waals surface area contributed by atoms with Gasteiger partial charge in [0.15, 0.2) is 11.6 Å². The summed E-state index contributed by atoms with van der Waals surface area (Å²) in [5, 5.41) is 12.1. The van der Waals surface area contributed by atoms with Crippen molar-refractivity contribution in [1.29, 1.82) is 0 Å². The zero-order valence-electron chi connectivity index (χ0n) is 8.80. The molecular formula is C11H15F2NO. The lowest BCUT2D eigenvalue weighted by Gasteiger charge is -2.15. The van der Waals surface area contributed by atoms with Gasteiger partial charge in [0.2, 0.25) is 0 Å². The second-order valence-corrected chi connectivity index (χ2v) is 3.65. The Morgan fingerprint density at radius 1 is 1.27 bits per heavy atom. The van der Waals surface area contributed by atoms with Crippen LogP contribution in [-0.4, -0.2) is 17.8 Å². The molecule has 0 amide bonds. The Bertz CT molecular complexity index is 328. The minimum absolute atomic E-state index is 0.116. The van der Waals surface area contributed by atoms with E-state index in [4.69, 9.17) is 5.11 Å². The lowest BCUT2D eigenvalue weighted by Crippen LogP contribution is -2.27. The Hall–Kier alpha value is -1.00. The summed E-state index contributed by atoms with van der Waals surface area (Å²) in [5.74, 6) is -1.69. The summed E-state index contributed by atoms with van der Waals surface area (Å²) >= 11 is 0. The van der Waals surface area contributed by atoms with Crippen LogP contribution in [0.15, 0.2) is 18.2 Å². The van der Waals surface area contributed by atoms with E-state index in [0.29, 0.717) is 12.1 Å². The quantitative estimate of drug-likeness (QED) is 0.805. The first-order valence-electron chi connectivity index (χ1n) is 4.87. The lowest BCUT2D eigenvalue weighted by molar-refractivity contribution is 0.187. The first kappa shape index (κ1) is 12.1. The maximum atomic E-state index is 12.9. The van der Waals surface area contributed by atoms with Crippen molar-refractivity contribution in [3.05, 3.63) is 35.4 Å². The largest absolute Gasteiger partial charge is 0.392 e. The van der Waals surface area contributed by atoms with Crippen LogP contribution >= 0.6 is 0 Å². The standard InChI is InChI=1S/C11H15F2NO/c1-7(15)6-14-8(2)9-3-4-10(12)11(13)5-9/h3-5,7-8,14-15H,6H2,1-2H3/t7-,8?/m0/s1. The molecule has 2 N–H and O–H groups in total. The van der Waals surface area contributed by atoms with Crippen molar-refractivity contribution in [1.82, 2.24) is 5.32 Å². The van der Waals surface area contributed by atoms with E-state index in [0.717, 1.165) is 12.1 Å². The number of aliphatic hydroxyl groups is 1. The normalized spacial score (nSPS) is 15.0. The van der Waals surface area contributed by atoms with Crippen LogP contribution in [0.2, 0.25) is 0 Å². The van der Waals surface area contributed by atoms with E-state index in [1.165, 1.54) is 6.07 Å². The molecule has 0 radical (unpaired) electrons. The number of aliphatic hydroxyl groups excluding tert-OH is 1. The van der Waals surface area contributed by atoms with Gasteiger partial charge in [-0.15, -0.1) is 0 Å². The average molecular weight is 215 g/mol. The molecule has 1 unspecified atom stereocenters. The van der Waals surface area contributed by atoms with Gasteiger partial charge in [-0.2, -0.15) is 0 Å². The molecule has 0 aliphatic carbocycles. The molecule has 0 saturated heterocycles. The molecule has 2 nitrogen and oxygen atoms in total. The Morgan fingerprint density at radius 3 is 2.47 bits per heavy atom. The van der Waals surface area contributed by atoms with Crippen molar-refractivity contribution in [3.8, 4) is 0 Å². The highest BCUT2D eigenvalue weighted by Crippen LogP contribution is 2.15. The maximum absolute atomic E-state index is 12.9. The summed E-state index contributed by atoms with van der Waals surface area (Å²) in [6, 6.07) is 3.67. The van der Waals surface area contributed by atoms with E-state index in [-0.39, 0.29) is 6.04 Å². The van der Waals surface area contributed by atoms with Crippen molar-refractivity contribution >= 4 is 0 Å². The topological polar surface area (TPSA) is 32.3 Å². The third-order valence-electron chi connectivity index (χ3n) is 2.16. The Kier molecular flexibility index (Phi) is 4.17. The van der Waals surface area contributed by atoms with Crippen molar-refractivity contribution in [2.45, 2.75) is 26.0 Å². The minimum Gasteiger partial charge on any atom is -0.392 e. The average Bonchev–Trinajstić information content (AvgIpc) is 2.18. The molecular weight excluding hydrogens is 200 g/mol. The van der Waals surface area contributed by atoms with Crippen molar-refractivity contribution in [2.24, 2.45) is 0 Å². The molecule has 1 aromatic rings. The van der Waals surface area contributed by atoms with Gasteiger partial charge in [0.05, 0.1) is 6.10 Å². The van der Waals surface area contributed by atoms with Crippen molar-refractivity contribution in [2.75, 3.05) is 6.54 Å². The molecule has 0 fully saturated rings. The molecule has 0 aromatic heterocycles. The molecule has 0 heterocycles. The van der Waals surface area contributed by atoms with E-state index >= 15 is 0 Å². The summed E-state index contributed by atoms with van der Waals surface area (Å²) in [6.45, 7) is 3.90. The Labute approximate surface area is 87.9 Å². The predicted molar refractivity (Wildman–Crippen MR) is 54.5 cm³/mol. The molecule has 0 bridgehead atoms. The van der Waals surface area contributed by atoms with E-state index < -0.39 is 17.7 Å². The number of halogens is 2. The smallest absolute Gasteiger partial charge is 0.159 e. The molecule has 15 heavy (non-hydrogen) atoms. The van der Waals surface area contributed by atoms with Crippen LogP contribution in [0.4, 0.5) is 8.78 Å². The SMILES string of the molecule is CC(NC[C@H](C)O)c1ccc(F)c(F)c1. The fourth-order valence-corrected chi connectivity index (χ4v) is 1.25. The molecule has 0 spiro atoms. The van der Waals surface area contributed by atoms with Crippen molar-refractivity contribution in [3.63, 3.8) is 0 Å². The first-order chi connectivity index (χ1) is 7.00. The monoisotopic (exact) mass is 215 g/mol. The van der Waals surface area contributed by atoms with Crippen molar-refractivity contribution < 1.29 is 13.9 Å². The second kappa shape index (κ2) is 5.19. The summed E-state index contributed by atoms with van der Waals surface area (Å²) in [4.78, 5) is 0. The van der Waals surface area contributed by atoms with Crippen LogP contribution in [0.1, 0.15) is 25.5 Å². The van der Waals surface area contributed by atoms with Gasteiger partial charge < -0.3 is 10.4 Å². The number of nitrogens with one attached hydrogen (secondary N) is 1. The van der Waals surface area contributed by atoms with Gasteiger partial charge in [0.1, 0.15) is 0 Å².